The van der Waals surface area contributed by atoms with E-state index in [4.69, 9.17) is 0 Å². The second kappa shape index (κ2) is 8.43. The summed E-state index contributed by atoms with van der Waals surface area (Å²) in [6.07, 6.45) is 1.48. The van der Waals surface area contributed by atoms with Crippen molar-refractivity contribution in [1.29, 1.82) is 0 Å². The predicted octanol–water partition coefficient (Wildman–Crippen LogP) is 3.53. The Bertz CT molecular complexity index is 364. The summed E-state index contributed by atoms with van der Waals surface area (Å²) in [4.78, 5) is 0. The molecule has 1 aromatic rings. The third-order valence-corrected chi connectivity index (χ3v) is 2.70. The van der Waals surface area contributed by atoms with Crippen LogP contribution >= 0.6 is 12.4 Å². The number of rotatable bonds is 7. The number of nitrogens with zero attached hydrogens (tertiary/aromatic N) is 2. The molecular formula is C12H21ClF3N3. The molecule has 1 aromatic heterocycles. The molecule has 0 aromatic carbocycles. The van der Waals surface area contributed by atoms with E-state index < -0.39 is 11.9 Å². The third kappa shape index (κ3) is 6.29. The van der Waals surface area contributed by atoms with Crippen molar-refractivity contribution in [2.75, 3.05) is 6.54 Å². The van der Waals surface area contributed by atoms with Crippen LogP contribution in [0.4, 0.5) is 13.2 Å². The second-order valence-corrected chi connectivity index (χ2v) is 4.41. The highest BCUT2D eigenvalue weighted by molar-refractivity contribution is 5.85. The maximum absolute atomic E-state index is 12.6. The van der Waals surface area contributed by atoms with E-state index in [2.05, 4.69) is 17.3 Å². The first-order chi connectivity index (χ1) is 8.45. The fourth-order valence-corrected chi connectivity index (χ4v) is 1.81. The highest BCUT2D eigenvalue weighted by atomic mass is 35.5. The minimum atomic E-state index is -4.37. The Balaban J connectivity index is 0.00000324. The van der Waals surface area contributed by atoms with Gasteiger partial charge in [0.05, 0.1) is 0 Å². The first-order valence-electron chi connectivity index (χ1n) is 6.25. The van der Waals surface area contributed by atoms with Crippen LogP contribution < -0.4 is 5.32 Å². The Morgan fingerprint density at radius 2 is 1.95 bits per heavy atom. The van der Waals surface area contributed by atoms with Gasteiger partial charge in [0, 0.05) is 25.4 Å². The number of hydrogen-bond acceptors (Lipinski definition) is 2. The van der Waals surface area contributed by atoms with Crippen LogP contribution in [-0.4, -0.2) is 16.3 Å². The summed E-state index contributed by atoms with van der Waals surface area (Å²) in [6.45, 7) is 3.08. The molecule has 0 aliphatic rings. The van der Waals surface area contributed by atoms with E-state index in [0.29, 0.717) is 0 Å². The lowest BCUT2D eigenvalue weighted by molar-refractivity contribution is -0.142. The Labute approximate surface area is 118 Å². The van der Waals surface area contributed by atoms with E-state index in [0.717, 1.165) is 25.8 Å². The van der Waals surface area contributed by atoms with Gasteiger partial charge in [-0.15, -0.1) is 12.4 Å². The van der Waals surface area contributed by atoms with Crippen LogP contribution in [0.25, 0.3) is 0 Å². The van der Waals surface area contributed by atoms with Gasteiger partial charge in [0.1, 0.15) is 0 Å². The van der Waals surface area contributed by atoms with Crippen LogP contribution in [0.1, 0.15) is 43.9 Å². The number of alkyl halides is 3. The van der Waals surface area contributed by atoms with Crippen molar-refractivity contribution in [3.63, 3.8) is 0 Å². The summed E-state index contributed by atoms with van der Waals surface area (Å²) in [6, 6.07) is 0. The largest absolute Gasteiger partial charge is 0.435 e. The quantitative estimate of drug-likeness (QED) is 0.781. The molecule has 0 saturated carbocycles. The Morgan fingerprint density at radius 1 is 1.26 bits per heavy atom. The Kier molecular flexibility index (Phi) is 8.09. The van der Waals surface area contributed by atoms with Crippen LogP contribution in [0, 0.1) is 0 Å². The van der Waals surface area contributed by atoms with Crippen LogP contribution in [0.2, 0.25) is 0 Å². The molecule has 0 unspecified atom stereocenters. The first kappa shape index (κ1) is 18.2. The van der Waals surface area contributed by atoms with E-state index in [1.165, 1.54) is 24.3 Å². The normalized spacial score (nSPS) is 11.4. The number of unbranched alkanes of at least 4 members (excludes halogenated alkanes) is 3. The monoisotopic (exact) mass is 299 g/mol. The highest BCUT2D eigenvalue weighted by Gasteiger charge is 2.36. The standard InChI is InChI=1S/C12H20F3N3.ClH/c1-3-4-5-6-7-16-8-10-9-18(2)17-11(10)12(13,14)15;/h9,16H,3-8H2,1-2H3;1H. The van der Waals surface area contributed by atoms with Crippen molar-refractivity contribution in [2.45, 2.75) is 45.3 Å². The van der Waals surface area contributed by atoms with Gasteiger partial charge in [0.15, 0.2) is 5.69 Å². The van der Waals surface area contributed by atoms with Crippen molar-refractivity contribution < 1.29 is 13.2 Å². The zero-order valence-corrected chi connectivity index (χ0v) is 12.1. The van der Waals surface area contributed by atoms with E-state index in [1.54, 1.807) is 0 Å². The number of aromatic nitrogens is 2. The van der Waals surface area contributed by atoms with Gasteiger partial charge in [-0.25, -0.2) is 0 Å². The topological polar surface area (TPSA) is 29.9 Å². The van der Waals surface area contributed by atoms with Crippen LogP contribution in [0.3, 0.4) is 0 Å². The lowest BCUT2D eigenvalue weighted by atomic mass is 10.2. The summed E-state index contributed by atoms with van der Waals surface area (Å²) >= 11 is 0. The molecule has 0 atom stereocenters. The number of halogens is 4. The molecule has 0 aliphatic carbocycles. The highest BCUT2D eigenvalue weighted by Crippen LogP contribution is 2.30. The van der Waals surface area contributed by atoms with Crippen molar-refractivity contribution in [3.05, 3.63) is 17.5 Å². The molecule has 7 heteroatoms. The third-order valence-electron chi connectivity index (χ3n) is 2.70. The van der Waals surface area contributed by atoms with Gasteiger partial charge in [0.25, 0.3) is 0 Å². The van der Waals surface area contributed by atoms with Gasteiger partial charge in [-0.2, -0.15) is 18.3 Å². The summed E-state index contributed by atoms with van der Waals surface area (Å²) in [5.74, 6) is 0. The molecule has 3 nitrogen and oxygen atoms in total. The van der Waals surface area contributed by atoms with Gasteiger partial charge < -0.3 is 5.32 Å². The van der Waals surface area contributed by atoms with E-state index >= 15 is 0 Å². The van der Waals surface area contributed by atoms with Crippen molar-refractivity contribution in [1.82, 2.24) is 15.1 Å². The van der Waals surface area contributed by atoms with Crippen LogP contribution in [0.5, 0.6) is 0 Å². The molecule has 0 fully saturated rings. The van der Waals surface area contributed by atoms with Crippen LogP contribution in [0.15, 0.2) is 6.20 Å². The van der Waals surface area contributed by atoms with E-state index in [1.807, 2.05) is 0 Å². The zero-order chi connectivity index (χ0) is 13.6. The SMILES string of the molecule is CCCCCCNCc1cn(C)nc1C(F)(F)F.Cl. The molecule has 0 amide bonds. The molecule has 0 radical (unpaired) electrons. The lowest BCUT2D eigenvalue weighted by Gasteiger charge is -2.07. The first-order valence-corrected chi connectivity index (χ1v) is 6.25. The smallest absolute Gasteiger partial charge is 0.313 e. The predicted molar refractivity (Wildman–Crippen MR) is 71.3 cm³/mol. The number of nitrogens with one attached hydrogen (secondary N) is 1. The van der Waals surface area contributed by atoms with E-state index in [9.17, 15) is 13.2 Å². The molecule has 112 valence electrons. The Morgan fingerprint density at radius 3 is 2.53 bits per heavy atom. The second-order valence-electron chi connectivity index (χ2n) is 4.41. The molecule has 0 aliphatic heterocycles. The lowest BCUT2D eigenvalue weighted by Crippen LogP contribution is -2.18. The zero-order valence-electron chi connectivity index (χ0n) is 11.3. The molecule has 0 bridgehead atoms. The average molecular weight is 300 g/mol. The van der Waals surface area contributed by atoms with Gasteiger partial charge >= 0.3 is 6.18 Å². The summed E-state index contributed by atoms with van der Waals surface area (Å²) in [5.41, 5.74) is -0.577. The average Bonchev–Trinajstić information content (AvgIpc) is 2.64. The molecule has 1 N–H and O–H groups in total. The number of aryl methyl sites for hydroxylation is 1. The Hall–Kier alpha value is -0.750. The van der Waals surface area contributed by atoms with Gasteiger partial charge in [-0.3, -0.25) is 4.68 Å². The molecular weight excluding hydrogens is 279 g/mol. The number of hydrogen-bond donors (Lipinski definition) is 1. The van der Waals surface area contributed by atoms with Crippen LogP contribution in [-0.2, 0) is 19.8 Å². The van der Waals surface area contributed by atoms with Crippen molar-refractivity contribution >= 4 is 12.4 Å². The molecule has 0 saturated heterocycles. The fraction of sp³-hybridized carbons (Fsp3) is 0.750. The summed E-state index contributed by atoms with van der Waals surface area (Å²) in [5, 5.41) is 6.49. The van der Waals surface area contributed by atoms with E-state index in [-0.39, 0.29) is 24.5 Å². The van der Waals surface area contributed by atoms with Crippen molar-refractivity contribution in [3.8, 4) is 0 Å². The molecule has 1 heterocycles. The molecule has 0 spiro atoms. The van der Waals surface area contributed by atoms with Gasteiger partial charge in [0.2, 0.25) is 0 Å². The summed E-state index contributed by atoms with van der Waals surface area (Å²) in [7, 11) is 1.50. The summed E-state index contributed by atoms with van der Waals surface area (Å²) < 4.78 is 39.1. The molecule has 1 rings (SSSR count). The van der Waals surface area contributed by atoms with Gasteiger partial charge in [-0.05, 0) is 13.0 Å². The minimum Gasteiger partial charge on any atom is -0.313 e. The minimum absolute atomic E-state index is 0. The van der Waals surface area contributed by atoms with Gasteiger partial charge in [-0.1, -0.05) is 26.2 Å². The maximum atomic E-state index is 12.6. The maximum Gasteiger partial charge on any atom is 0.435 e. The molecule has 19 heavy (non-hydrogen) atoms. The van der Waals surface area contributed by atoms with Crippen molar-refractivity contribution in [2.24, 2.45) is 7.05 Å². The fourth-order valence-electron chi connectivity index (χ4n) is 1.81.